The van der Waals surface area contributed by atoms with Crippen molar-refractivity contribution >= 4 is 34.4 Å². The average molecular weight is 501 g/mol. The number of nitrogens with two attached hydrogens (primary N) is 1. The Bertz CT molecular complexity index is 1370. The van der Waals surface area contributed by atoms with E-state index >= 15 is 0 Å². The number of nitrogens with zero attached hydrogens (tertiary/aromatic N) is 3. The molecule has 5 rings (SSSR count). The van der Waals surface area contributed by atoms with Crippen LogP contribution in [0.25, 0.3) is 10.8 Å². The number of hydrazone groups is 1. The van der Waals surface area contributed by atoms with E-state index in [0.29, 0.717) is 25.1 Å². The van der Waals surface area contributed by atoms with Gasteiger partial charge in [0.05, 0.1) is 5.71 Å². The van der Waals surface area contributed by atoms with Crippen LogP contribution in [0.15, 0.2) is 77.9 Å². The van der Waals surface area contributed by atoms with Gasteiger partial charge in [0.1, 0.15) is 17.8 Å². The Morgan fingerprint density at radius 1 is 1.05 bits per heavy atom. The van der Waals surface area contributed by atoms with Crippen LogP contribution in [-0.4, -0.2) is 66.4 Å². The maximum atomic E-state index is 13.6. The highest BCUT2D eigenvalue weighted by molar-refractivity contribution is 6.13. The smallest absolute Gasteiger partial charge is 0.405 e. The minimum Gasteiger partial charge on any atom is -0.488 e. The fourth-order valence-electron chi connectivity index (χ4n) is 5.20. The fraction of sp³-hybridized carbons (Fsp3) is 0.286. The molecule has 0 spiro atoms. The van der Waals surface area contributed by atoms with Crippen molar-refractivity contribution in [3.63, 3.8) is 0 Å². The molecule has 0 radical (unpaired) electrons. The summed E-state index contributed by atoms with van der Waals surface area (Å²) in [5.41, 5.74) is 6.06. The molecule has 190 valence electrons. The van der Waals surface area contributed by atoms with Gasteiger partial charge in [-0.1, -0.05) is 66.7 Å². The van der Waals surface area contributed by atoms with Gasteiger partial charge in [-0.15, -0.1) is 0 Å². The van der Waals surface area contributed by atoms with E-state index in [-0.39, 0.29) is 19.1 Å². The number of primary amides is 1. The number of carbonyl (C=O) groups excluding carboxylic acids is 3. The molecule has 1 unspecified atom stereocenters. The molecule has 1 fully saturated rings. The zero-order valence-electron chi connectivity index (χ0n) is 20.5. The molecule has 9 heteroatoms. The summed E-state index contributed by atoms with van der Waals surface area (Å²) in [6.07, 6.45) is -1.50. The SMILES string of the molecule is CN1N=C2CCN(C(=O)C(COc3cccc4ccccc34)OC(N)=O)C[C@@]2(Cc2ccccc2)C1=O. The normalized spacial score (nSPS) is 19.8. The van der Waals surface area contributed by atoms with Gasteiger partial charge in [-0.25, -0.2) is 9.80 Å². The lowest BCUT2D eigenvalue weighted by Crippen LogP contribution is -2.58. The van der Waals surface area contributed by atoms with Crippen LogP contribution < -0.4 is 10.5 Å². The molecule has 3 amide bonds. The second-order valence-electron chi connectivity index (χ2n) is 9.34. The lowest BCUT2D eigenvalue weighted by Gasteiger charge is -2.40. The van der Waals surface area contributed by atoms with Crippen molar-refractivity contribution in [2.24, 2.45) is 16.3 Å². The Morgan fingerprint density at radius 2 is 1.78 bits per heavy atom. The molecular formula is C28H28N4O5. The Labute approximate surface area is 214 Å². The van der Waals surface area contributed by atoms with Crippen LogP contribution in [-0.2, 0) is 20.7 Å². The van der Waals surface area contributed by atoms with Crippen molar-refractivity contribution < 1.29 is 23.9 Å². The zero-order valence-corrected chi connectivity index (χ0v) is 20.5. The topological polar surface area (TPSA) is 115 Å². The van der Waals surface area contributed by atoms with Gasteiger partial charge in [0.2, 0.25) is 6.10 Å². The first-order valence-electron chi connectivity index (χ1n) is 12.1. The summed E-state index contributed by atoms with van der Waals surface area (Å²) in [5.74, 6) is -0.0683. The second kappa shape index (κ2) is 9.93. The van der Waals surface area contributed by atoms with Crippen molar-refractivity contribution in [1.29, 1.82) is 0 Å². The van der Waals surface area contributed by atoms with Crippen LogP contribution in [0.3, 0.4) is 0 Å². The van der Waals surface area contributed by atoms with E-state index in [1.54, 1.807) is 18.0 Å². The highest BCUT2D eigenvalue weighted by Crippen LogP contribution is 2.38. The second-order valence-corrected chi connectivity index (χ2v) is 9.34. The van der Waals surface area contributed by atoms with Crippen molar-refractivity contribution in [2.75, 3.05) is 26.7 Å². The van der Waals surface area contributed by atoms with Crippen LogP contribution in [0.4, 0.5) is 4.79 Å². The summed E-state index contributed by atoms with van der Waals surface area (Å²) in [7, 11) is 1.63. The van der Waals surface area contributed by atoms with E-state index in [1.165, 1.54) is 5.01 Å². The molecule has 2 aliphatic heterocycles. The summed E-state index contributed by atoms with van der Waals surface area (Å²) in [6, 6.07) is 22.9. The van der Waals surface area contributed by atoms with Gasteiger partial charge in [0.15, 0.2) is 0 Å². The fourth-order valence-corrected chi connectivity index (χ4v) is 5.20. The molecule has 37 heavy (non-hydrogen) atoms. The number of rotatable bonds is 7. The number of carbonyl (C=O) groups is 3. The number of hydrogen-bond donors (Lipinski definition) is 1. The number of likely N-dealkylation sites (tertiary alicyclic amines) is 1. The minimum atomic E-state index is -1.27. The summed E-state index contributed by atoms with van der Waals surface area (Å²) >= 11 is 0. The average Bonchev–Trinajstić information content (AvgIpc) is 3.15. The van der Waals surface area contributed by atoms with Gasteiger partial charge >= 0.3 is 6.09 Å². The first-order valence-corrected chi connectivity index (χ1v) is 12.1. The third-order valence-corrected chi connectivity index (χ3v) is 6.94. The van der Waals surface area contributed by atoms with Crippen molar-refractivity contribution in [2.45, 2.75) is 18.9 Å². The number of fused-ring (bicyclic) bond motifs is 2. The van der Waals surface area contributed by atoms with E-state index in [9.17, 15) is 14.4 Å². The largest absolute Gasteiger partial charge is 0.488 e. The number of piperidine rings is 1. The van der Waals surface area contributed by atoms with Gasteiger partial charge in [0.25, 0.3) is 11.8 Å². The molecule has 9 nitrogen and oxygen atoms in total. The van der Waals surface area contributed by atoms with Crippen LogP contribution in [0.2, 0.25) is 0 Å². The molecule has 0 bridgehead atoms. The lowest BCUT2D eigenvalue weighted by molar-refractivity contribution is -0.146. The summed E-state index contributed by atoms with van der Waals surface area (Å²) in [4.78, 5) is 40.2. The Kier molecular flexibility index (Phi) is 6.52. The predicted molar refractivity (Wildman–Crippen MR) is 138 cm³/mol. The van der Waals surface area contributed by atoms with Crippen LogP contribution >= 0.6 is 0 Å². The minimum absolute atomic E-state index is 0.121. The van der Waals surface area contributed by atoms with Gasteiger partial charge in [-0.3, -0.25) is 9.59 Å². The molecule has 2 heterocycles. The molecule has 2 atom stereocenters. The molecule has 3 aromatic carbocycles. The van der Waals surface area contributed by atoms with Crippen molar-refractivity contribution in [3.8, 4) is 5.75 Å². The van der Waals surface area contributed by atoms with E-state index in [2.05, 4.69) is 5.10 Å². The molecule has 1 saturated heterocycles. The Hall–Kier alpha value is -4.40. The molecule has 0 saturated carbocycles. The van der Waals surface area contributed by atoms with Crippen molar-refractivity contribution in [3.05, 3.63) is 78.4 Å². The Balaban J connectivity index is 1.38. The van der Waals surface area contributed by atoms with E-state index < -0.39 is 23.5 Å². The molecule has 2 N–H and O–H groups in total. The van der Waals surface area contributed by atoms with Crippen LogP contribution in [0, 0.1) is 5.41 Å². The van der Waals surface area contributed by atoms with E-state index in [4.69, 9.17) is 15.2 Å². The van der Waals surface area contributed by atoms with Crippen molar-refractivity contribution in [1.82, 2.24) is 9.91 Å². The quantitative estimate of drug-likeness (QED) is 0.536. The molecule has 0 aromatic heterocycles. The summed E-state index contributed by atoms with van der Waals surface area (Å²) in [6.45, 7) is 0.241. The highest BCUT2D eigenvalue weighted by Gasteiger charge is 2.54. The highest BCUT2D eigenvalue weighted by atomic mass is 16.6. The molecule has 3 aromatic rings. The van der Waals surface area contributed by atoms with Crippen LogP contribution in [0.5, 0.6) is 5.75 Å². The molecule has 2 aliphatic rings. The van der Waals surface area contributed by atoms with Gasteiger partial charge < -0.3 is 20.1 Å². The number of amides is 3. The monoisotopic (exact) mass is 500 g/mol. The molecular weight excluding hydrogens is 472 g/mol. The predicted octanol–water partition coefficient (Wildman–Crippen LogP) is 2.97. The number of benzene rings is 3. The maximum Gasteiger partial charge on any atom is 0.405 e. The Morgan fingerprint density at radius 3 is 2.57 bits per heavy atom. The first-order chi connectivity index (χ1) is 17.9. The molecule has 0 aliphatic carbocycles. The van der Waals surface area contributed by atoms with Crippen LogP contribution in [0.1, 0.15) is 12.0 Å². The third-order valence-electron chi connectivity index (χ3n) is 6.94. The standard InChI is InChI=1S/C28H28N4O5/c1-31-26(34)28(16-19-8-3-2-4-9-19)18-32(15-14-24(28)30-31)25(33)23(37-27(29)35)17-36-22-13-7-11-20-10-5-6-12-21(20)22/h2-13,23H,14-18H2,1H3,(H2,29,35)/t23?,28-/m1/s1. The zero-order chi connectivity index (χ0) is 26.0. The van der Waals surface area contributed by atoms with E-state index in [1.807, 2.05) is 66.7 Å². The number of ether oxygens (including phenoxy) is 2. The summed E-state index contributed by atoms with van der Waals surface area (Å²) < 4.78 is 11.2. The van der Waals surface area contributed by atoms with E-state index in [0.717, 1.165) is 22.0 Å². The van der Waals surface area contributed by atoms with Gasteiger partial charge in [-0.05, 0) is 23.4 Å². The maximum absolute atomic E-state index is 13.6. The van der Waals surface area contributed by atoms with Gasteiger partial charge in [-0.2, -0.15) is 5.10 Å². The summed E-state index contributed by atoms with van der Waals surface area (Å²) in [5, 5.41) is 7.69. The third kappa shape index (κ3) is 4.72. The number of hydrogen-bond acceptors (Lipinski definition) is 6. The van der Waals surface area contributed by atoms with Gasteiger partial charge in [0, 0.05) is 31.9 Å². The first kappa shape index (κ1) is 24.3. The lowest BCUT2D eigenvalue weighted by atomic mass is 9.73.